The van der Waals surface area contributed by atoms with Crippen molar-refractivity contribution in [2.75, 3.05) is 7.11 Å². The summed E-state index contributed by atoms with van der Waals surface area (Å²) in [5.74, 6) is 0.486. The van der Waals surface area contributed by atoms with Gasteiger partial charge in [0.15, 0.2) is 5.11 Å². The minimum Gasteiger partial charge on any atom is -0.495 e. The second-order valence-electron chi connectivity index (χ2n) is 2.74. The molecule has 0 heterocycles. The van der Waals surface area contributed by atoms with E-state index in [4.69, 9.17) is 33.7 Å². The van der Waals surface area contributed by atoms with Crippen LogP contribution in [0.2, 0.25) is 10.0 Å². The maximum absolute atomic E-state index is 5.93. The molecule has 86 valence electrons. The summed E-state index contributed by atoms with van der Waals surface area (Å²) in [4.78, 5) is 0. The predicted octanol–water partition coefficient (Wildman–Crippen LogP) is 2.17. The number of rotatable bonds is 3. The molecule has 0 saturated heterocycles. The third-order valence-electron chi connectivity index (χ3n) is 1.62. The van der Waals surface area contributed by atoms with E-state index in [-0.39, 0.29) is 5.11 Å². The molecular formula is C9H9Cl2N3OS. The SMILES string of the molecule is COc1c(Cl)cc(Cl)cc1C=NNC(N)=S. The maximum atomic E-state index is 5.93. The van der Waals surface area contributed by atoms with Gasteiger partial charge in [-0.15, -0.1) is 0 Å². The first-order valence-corrected chi connectivity index (χ1v) is 5.32. The van der Waals surface area contributed by atoms with Gasteiger partial charge < -0.3 is 10.5 Å². The molecule has 1 aromatic rings. The van der Waals surface area contributed by atoms with Gasteiger partial charge in [-0.1, -0.05) is 23.2 Å². The first-order valence-electron chi connectivity index (χ1n) is 4.16. The van der Waals surface area contributed by atoms with Gasteiger partial charge in [0.1, 0.15) is 5.75 Å². The van der Waals surface area contributed by atoms with Crippen LogP contribution in [0.25, 0.3) is 0 Å². The van der Waals surface area contributed by atoms with Crippen LogP contribution in [0, 0.1) is 0 Å². The van der Waals surface area contributed by atoms with Crippen molar-refractivity contribution in [3.8, 4) is 5.75 Å². The third-order valence-corrected chi connectivity index (χ3v) is 2.21. The lowest BCUT2D eigenvalue weighted by molar-refractivity contribution is 0.414. The van der Waals surface area contributed by atoms with E-state index in [9.17, 15) is 0 Å². The monoisotopic (exact) mass is 277 g/mol. The number of nitrogens with two attached hydrogens (primary N) is 1. The fourth-order valence-electron chi connectivity index (χ4n) is 1.06. The fraction of sp³-hybridized carbons (Fsp3) is 0.111. The number of hydrogen-bond acceptors (Lipinski definition) is 3. The van der Waals surface area contributed by atoms with Crippen LogP contribution in [0.5, 0.6) is 5.75 Å². The van der Waals surface area contributed by atoms with Gasteiger partial charge in [-0.2, -0.15) is 5.10 Å². The Morgan fingerprint density at radius 3 is 2.81 bits per heavy atom. The molecule has 16 heavy (non-hydrogen) atoms. The largest absolute Gasteiger partial charge is 0.495 e. The third kappa shape index (κ3) is 3.52. The lowest BCUT2D eigenvalue weighted by Crippen LogP contribution is -2.24. The molecule has 1 aromatic carbocycles. The quantitative estimate of drug-likeness (QED) is 0.505. The molecule has 0 bridgehead atoms. The van der Waals surface area contributed by atoms with Crippen LogP contribution < -0.4 is 15.9 Å². The average molecular weight is 278 g/mol. The van der Waals surface area contributed by atoms with Crippen molar-refractivity contribution in [1.29, 1.82) is 0 Å². The molecule has 1 rings (SSSR count). The molecule has 3 N–H and O–H groups in total. The molecule has 0 aromatic heterocycles. The van der Waals surface area contributed by atoms with Crippen molar-refractivity contribution in [2.24, 2.45) is 10.8 Å². The van der Waals surface area contributed by atoms with Crippen molar-refractivity contribution in [2.45, 2.75) is 0 Å². The minimum absolute atomic E-state index is 0.0725. The van der Waals surface area contributed by atoms with E-state index >= 15 is 0 Å². The van der Waals surface area contributed by atoms with Crippen molar-refractivity contribution in [3.63, 3.8) is 0 Å². The van der Waals surface area contributed by atoms with Crippen molar-refractivity contribution in [3.05, 3.63) is 27.7 Å². The number of halogens is 2. The summed E-state index contributed by atoms with van der Waals surface area (Å²) in [5, 5.41) is 4.76. The Morgan fingerprint density at radius 2 is 2.25 bits per heavy atom. The molecule has 0 spiro atoms. The Hall–Kier alpha value is -1.04. The topological polar surface area (TPSA) is 59.6 Å². The normalized spacial score (nSPS) is 10.4. The van der Waals surface area contributed by atoms with Gasteiger partial charge in [0.2, 0.25) is 0 Å². The summed E-state index contributed by atoms with van der Waals surface area (Å²) in [6, 6.07) is 3.25. The summed E-state index contributed by atoms with van der Waals surface area (Å²) in [7, 11) is 1.51. The van der Waals surface area contributed by atoms with Crippen LogP contribution in [0.3, 0.4) is 0 Å². The number of methoxy groups -OCH3 is 1. The average Bonchev–Trinajstić information content (AvgIpc) is 2.16. The van der Waals surface area contributed by atoms with Crippen LogP contribution in [-0.4, -0.2) is 18.4 Å². The Bertz CT molecular complexity index is 437. The molecule has 0 amide bonds. The number of hydrazone groups is 1. The summed E-state index contributed by atoms with van der Waals surface area (Å²) >= 11 is 16.4. The van der Waals surface area contributed by atoms with Crippen LogP contribution in [-0.2, 0) is 0 Å². The molecule has 0 aliphatic carbocycles. The molecule has 7 heteroatoms. The van der Waals surface area contributed by atoms with Gasteiger partial charge in [-0.05, 0) is 24.4 Å². The van der Waals surface area contributed by atoms with Crippen LogP contribution in [0.1, 0.15) is 5.56 Å². The standard InChI is InChI=1S/C9H9Cl2N3OS/c1-15-8-5(4-13-14-9(12)16)2-6(10)3-7(8)11/h2-4H,1H3,(H3,12,14,16). The molecule has 0 saturated carbocycles. The van der Waals surface area contributed by atoms with E-state index in [0.29, 0.717) is 21.4 Å². The molecule has 4 nitrogen and oxygen atoms in total. The van der Waals surface area contributed by atoms with Gasteiger partial charge in [0.05, 0.1) is 18.3 Å². The Labute approximate surface area is 108 Å². The van der Waals surface area contributed by atoms with Crippen LogP contribution in [0.15, 0.2) is 17.2 Å². The number of hydrogen-bond donors (Lipinski definition) is 2. The zero-order chi connectivity index (χ0) is 12.1. The van der Waals surface area contributed by atoms with E-state index in [2.05, 4.69) is 22.7 Å². The van der Waals surface area contributed by atoms with Crippen molar-refractivity contribution < 1.29 is 4.74 Å². The zero-order valence-corrected chi connectivity index (χ0v) is 10.7. The smallest absolute Gasteiger partial charge is 0.184 e. The van der Waals surface area contributed by atoms with Crippen molar-refractivity contribution >= 4 is 46.7 Å². The highest BCUT2D eigenvalue weighted by Crippen LogP contribution is 2.30. The molecule has 0 radical (unpaired) electrons. The maximum Gasteiger partial charge on any atom is 0.184 e. The van der Waals surface area contributed by atoms with E-state index in [0.717, 1.165) is 0 Å². The number of thiocarbonyl (C=S) groups is 1. The summed E-state index contributed by atoms with van der Waals surface area (Å²) in [6.45, 7) is 0. The lowest BCUT2D eigenvalue weighted by atomic mass is 10.2. The van der Waals surface area contributed by atoms with Gasteiger partial charge in [0, 0.05) is 10.6 Å². The molecular weight excluding hydrogens is 269 g/mol. The number of nitrogens with zero attached hydrogens (tertiary/aromatic N) is 1. The van der Waals surface area contributed by atoms with E-state index in [1.165, 1.54) is 13.3 Å². The minimum atomic E-state index is 0.0725. The van der Waals surface area contributed by atoms with Gasteiger partial charge in [0.25, 0.3) is 0 Å². The molecule has 0 atom stereocenters. The molecule has 0 fully saturated rings. The number of nitrogens with one attached hydrogen (secondary N) is 1. The van der Waals surface area contributed by atoms with Gasteiger partial charge in [-0.3, -0.25) is 5.43 Å². The predicted molar refractivity (Wildman–Crippen MR) is 70.5 cm³/mol. The summed E-state index contributed by atoms with van der Waals surface area (Å²) in [5.41, 5.74) is 8.26. The number of ether oxygens (including phenoxy) is 1. The second kappa shape index (κ2) is 5.89. The zero-order valence-electron chi connectivity index (χ0n) is 8.33. The Kier molecular flexibility index (Phi) is 4.79. The van der Waals surface area contributed by atoms with Crippen molar-refractivity contribution in [1.82, 2.24) is 5.43 Å². The first kappa shape index (κ1) is 13.0. The lowest BCUT2D eigenvalue weighted by Gasteiger charge is -2.07. The molecule has 0 aliphatic heterocycles. The van der Waals surface area contributed by atoms with E-state index in [1.54, 1.807) is 12.1 Å². The number of benzene rings is 1. The highest BCUT2D eigenvalue weighted by molar-refractivity contribution is 7.80. The summed E-state index contributed by atoms with van der Waals surface area (Å²) < 4.78 is 5.11. The molecule has 0 unspecified atom stereocenters. The van der Waals surface area contributed by atoms with Gasteiger partial charge in [-0.25, -0.2) is 0 Å². The first-order chi connectivity index (χ1) is 7.54. The highest BCUT2D eigenvalue weighted by Gasteiger charge is 2.07. The Morgan fingerprint density at radius 1 is 1.56 bits per heavy atom. The summed E-state index contributed by atoms with van der Waals surface area (Å²) in [6.07, 6.45) is 1.47. The van der Waals surface area contributed by atoms with Crippen LogP contribution >= 0.6 is 35.4 Å². The highest BCUT2D eigenvalue weighted by atomic mass is 35.5. The van der Waals surface area contributed by atoms with E-state index in [1.807, 2.05) is 0 Å². The van der Waals surface area contributed by atoms with Crippen LogP contribution in [0.4, 0.5) is 0 Å². The second-order valence-corrected chi connectivity index (χ2v) is 4.03. The van der Waals surface area contributed by atoms with Gasteiger partial charge >= 0.3 is 0 Å². The Balaban J connectivity index is 3.02. The fourth-order valence-corrected chi connectivity index (χ4v) is 1.70. The molecule has 0 aliphatic rings. The van der Waals surface area contributed by atoms with E-state index < -0.39 is 0 Å².